The fourth-order valence-corrected chi connectivity index (χ4v) is 2.62. The van der Waals surface area contributed by atoms with Gasteiger partial charge in [-0.2, -0.15) is 0 Å². The number of urea groups is 1. The van der Waals surface area contributed by atoms with Crippen LogP contribution in [0.1, 0.15) is 13.8 Å². The maximum absolute atomic E-state index is 12.1. The van der Waals surface area contributed by atoms with Crippen molar-refractivity contribution in [1.29, 1.82) is 0 Å². The van der Waals surface area contributed by atoms with Crippen LogP contribution in [-0.2, 0) is 9.59 Å². The molecule has 2 aliphatic rings. The molecule has 0 bridgehead atoms. The van der Waals surface area contributed by atoms with Crippen molar-refractivity contribution in [1.82, 2.24) is 20.0 Å². The Morgan fingerprint density at radius 2 is 2.00 bits per heavy atom. The molecule has 0 radical (unpaired) electrons. The normalized spacial score (nSPS) is 24.6. The molecule has 4 amide bonds. The van der Waals surface area contributed by atoms with Crippen LogP contribution in [0.4, 0.5) is 4.79 Å². The van der Waals surface area contributed by atoms with E-state index in [1.54, 1.807) is 11.9 Å². The second-order valence-electron chi connectivity index (χ2n) is 4.96. The van der Waals surface area contributed by atoms with E-state index < -0.39 is 30.1 Å². The number of likely N-dealkylation sites (N-methyl/N-ethyl adjacent to an activating group) is 1. The van der Waals surface area contributed by atoms with Crippen LogP contribution in [0.3, 0.4) is 0 Å². The Morgan fingerprint density at radius 1 is 1.38 bits per heavy atom. The molecule has 9 nitrogen and oxygen atoms in total. The first-order chi connectivity index (χ1) is 9.90. The lowest BCUT2D eigenvalue weighted by atomic mass is 10.1. The van der Waals surface area contributed by atoms with E-state index in [1.807, 2.05) is 18.7 Å². The molecule has 2 atom stereocenters. The summed E-state index contributed by atoms with van der Waals surface area (Å²) in [6.45, 7) is 5.12. The highest BCUT2D eigenvalue weighted by molar-refractivity contribution is 6.04. The van der Waals surface area contributed by atoms with Crippen molar-refractivity contribution < 1.29 is 14.4 Å². The van der Waals surface area contributed by atoms with E-state index in [-0.39, 0.29) is 6.54 Å². The fourth-order valence-electron chi connectivity index (χ4n) is 2.62. The van der Waals surface area contributed by atoms with Gasteiger partial charge in [-0.25, -0.2) is 9.79 Å². The molecule has 2 heterocycles. The van der Waals surface area contributed by atoms with E-state index in [9.17, 15) is 14.4 Å². The first-order valence-corrected chi connectivity index (χ1v) is 6.86. The SMILES string of the molecule is CCN(CC)C1=NC2C(C(=O)NC(=O)N2C)N1CC(N)=O. The Bertz CT molecular complexity index is 501. The Balaban J connectivity index is 2.39. The largest absolute Gasteiger partial charge is 0.368 e. The number of nitrogens with two attached hydrogens (primary N) is 1. The number of carbonyl (C=O) groups is 3. The third-order valence-electron chi connectivity index (χ3n) is 3.71. The van der Waals surface area contributed by atoms with Gasteiger partial charge in [0.1, 0.15) is 6.54 Å². The molecule has 2 unspecified atom stereocenters. The molecule has 0 aromatic carbocycles. The van der Waals surface area contributed by atoms with Gasteiger partial charge in [0.05, 0.1) is 0 Å². The number of amides is 4. The lowest BCUT2D eigenvalue weighted by molar-refractivity contribution is -0.128. The van der Waals surface area contributed by atoms with Crippen LogP contribution >= 0.6 is 0 Å². The fraction of sp³-hybridized carbons (Fsp3) is 0.667. The average Bonchev–Trinajstić information content (AvgIpc) is 2.77. The van der Waals surface area contributed by atoms with E-state index in [1.165, 1.54) is 4.90 Å². The highest BCUT2D eigenvalue weighted by Crippen LogP contribution is 2.24. The topological polar surface area (TPSA) is 111 Å². The number of hydrogen-bond acceptors (Lipinski definition) is 6. The zero-order valence-corrected chi connectivity index (χ0v) is 12.4. The maximum Gasteiger partial charge on any atom is 0.325 e. The summed E-state index contributed by atoms with van der Waals surface area (Å²) in [6, 6.07) is -1.22. The second kappa shape index (κ2) is 5.58. The Labute approximate surface area is 122 Å². The molecular weight excluding hydrogens is 276 g/mol. The third-order valence-corrected chi connectivity index (χ3v) is 3.71. The number of guanidine groups is 1. The van der Waals surface area contributed by atoms with Gasteiger partial charge in [-0.05, 0) is 13.8 Å². The van der Waals surface area contributed by atoms with Gasteiger partial charge in [-0.15, -0.1) is 0 Å². The molecule has 3 N–H and O–H groups in total. The predicted octanol–water partition coefficient (Wildman–Crippen LogP) is -1.64. The summed E-state index contributed by atoms with van der Waals surface area (Å²) >= 11 is 0. The molecule has 0 aromatic heterocycles. The summed E-state index contributed by atoms with van der Waals surface area (Å²) in [7, 11) is 1.57. The summed E-state index contributed by atoms with van der Waals surface area (Å²) in [6.07, 6.45) is -0.638. The number of primary amides is 1. The number of hydrogen-bond donors (Lipinski definition) is 2. The third kappa shape index (κ3) is 2.50. The van der Waals surface area contributed by atoms with Crippen molar-refractivity contribution in [3.8, 4) is 0 Å². The van der Waals surface area contributed by atoms with Crippen molar-refractivity contribution in [3.63, 3.8) is 0 Å². The Kier molecular flexibility index (Phi) is 4.01. The summed E-state index contributed by atoms with van der Waals surface area (Å²) in [5.74, 6) is -0.497. The van der Waals surface area contributed by atoms with Crippen molar-refractivity contribution in [2.45, 2.75) is 26.1 Å². The number of imide groups is 1. The molecule has 0 saturated carbocycles. The van der Waals surface area contributed by atoms with Crippen molar-refractivity contribution in [3.05, 3.63) is 0 Å². The minimum atomic E-state index is -0.726. The highest BCUT2D eigenvalue weighted by atomic mass is 16.2. The number of nitrogens with one attached hydrogen (secondary N) is 1. The zero-order chi connectivity index (χ0) is 15.7. The van der Waals surface area contributed by atoms with Gasteiger partial charge < -0.3 is 20.4 Å². The number of fused-ring (bicyclic) bond motifs is 1. The van der Waals surface area contributed by atoms with Crippen LogP contribution in [0.15, 0.2) is 4.99 Å². The summed E-state index contributed by atoms with van der Waals surface area (Å²) in [4.78, 5) is 44.5. The van der Waals surface area contributed by atoms with Gasteiger partial charge in [0, 0.05) is 20.1 Å². The standard InChI is InChI=1S/C12H20N6O3/c1-4-17(5-2)11-14-9-8(18(11)6-7(13)19)10(20)15-12(21)16(9)3/h8-9H,4-6H2,1-3H3,(H2,13,19)(H,15,20,21). The van der Waals surface area contributed by atoms with E-state index in [0.717, 1.165) is 0 Å². The molecule has 116 valence electrons. The van der Waals surface area contributed by atoms with Gasteiger partial charge >= 0.3 is 6.03 Å². The molecule has 1 saturated heterocycles. The minimum Gasteiger partial charge on any atom is -0.368 e. The van der Waals surface area contributed by atoms with Crippen LogP contribution in [-0.4, -0.2) is 77.4 Å². The van der Waals surface area contributed by atoms with Crippen LogP contribution in [0.25, 0.3) is 0 Å². The molecule has 0 spiro atoms. The smallest absolute Gasteiger partial charge is 0.325 e. The lowest BCUT2D eigenvalue weighted by Crippen LogP contribution is -2.65. The van der Waals surface area contributed by atoms with Gasteiger partial charge in [0.2, 0.25) is 5.91 Å². The molecule has 9 heteroatoms. The second-order valence-corrected chi connectivity index (χ2v) is 4.96. The number of carbonyl (C=O) groups excluding carboxylic acids is 3. The van der Waals surface area contributed by atoms with Gasteiger partial charge in [0.15, 0.2) is 18.2 Å². The van der Waals surface area contributed by atoms with Gasteiger partial charge in [-0.1, -0.05) is 0 Å². The first kappa shape index (κ1) is 15.1. The quantitative estimate of drug-likeness (QED) is 0.646. The van der Waals surface area contributed by atoms with Crippen LogP contribution < -0.4 is 11.1 Å². The molecule has 2 rings (SSSR count). The first-order valence-electron chi connectivity index (χ1n) is 6.86. The van der Waals surface area contributed by atoms with Crippen molar-refractivity contribution in [2.24, 2.45) is 10.7 Å². The van der Waals surface area contributed by atoms with E-state index >= 15 is 0 Å². The molecule has 0 aromatic rings. The minimum absolute atomic E-state index is 0.119. The van der Waals surface area contributed by atoms with Crippen molar-refractivity contribution >= 4 is 23.8 Å². The highest BCUT2D eigenvalue weighted by Gasteiger charge is 2.49. The van der Waals surface area contributed by atoms with Crippen LogP contribution in [0.2, 0.25) is 0 Å². The van der Waals surface area contributed by atoms with E-state index in [0.29, 0.717) is 19.0 Å². The molecule has 21 heavy (non-hydrogen) atoms. The Morgan fingerprint density at radius 3 is 2.52 bits per heavy atom. The summed E-state index contributed by atoms with van der Waals surface area (Å²) < 4.78 is 0. The zero-order valence-electron chi connectivity index (χ0n) is 12.4. The predicted molar refractivity (Wildman–Crippen MR) is 75.1 cm³/mol. The van der Waals surface area contributed by atoms with Gasteiger partial charge in [0.25, 0.3) is 5.91 Å². The van der Waals surface area contributed by atoms with E-state index in [4.69, 9.17) is 5.73 Å². The summed E-state index contributed by atoms with van der Waals surface area (Å²) in [5.41, 5.74) is 5.28. The maximum atomic E-state index is 12.1. The monoisotopic (exact) mass is 296 g/mol. The van der Waals surface area contributed by atoms with Crippen LogP contribution in [0.5, 0.6) is 0 Å². The molecule has 0 aliphatic carbocycles. The molecular formula is C12H20N6O3. The summed E-state index contributed by atoms with van der Waals surface area (Å²) in [5, 5.41) is 2.26. The Hall–Kier alpha value is -2.32. The number of rotatable bonds is 4. The average molecular weight is 296 g/mol. The number of nitrogens with zero attached hydrogens (tertiary/aromatic N) is 4. The van der Waals surface area contributed by atoms with Gasteiger partial charge in [-0.3, -0.25) is 14.9 Å². The molecule has 2 aliphatic heterocycles. The molecule has 1 fully saturated rings. The lowest BCUT2D eigenvalue weighted by Gasteiger charge is -2.36. The number of aliphatic imine (C=N–C) groups is 1. The van der Waals surface area contributed by atoms with Crippen LogP contribution in [0, 0.1) is 0 Å². The van der Waals surface area contributed by atoms with Crippen molar-refractivity contribution in [2.75, 3.05) is 26.7 Å². The van der Waals surface area contributed by atoms with E-state index in [2.05, 4.69) is 10.3 Å².